The van der Waals surface area contributed by atoms with E-state index in [2.05, 4.69) is 37.9 Å². The number of nitrogens with two attached hydrogens (primary N) is 1. The summed E-state index contributed by atoms with van der Waals surface area (Å²) < 4.78 is 3.28. The molecule has 0 saturated heterocycles. The molecule has 3 aromatic rings. The highest BCUT2D eigenvalue weighted by Crippen LogP contribution is 2.44. The van der Waals surface area contributed by atoms with Gasteiger partial charge in [-0.05, 0) is 61.3 Å². The summed E-state index contributed by atoms with van der Waals surface area (Å²) in [4.78, 5) is 15.3. The Bertz CT molecular complexity index is 1160. The number of aromatic nitrogens is 3. The standard InChI is InChI=1S/C24H29N5OS2/c25-23-26-27-24(32-23)31-14-21(30)28-11-12-29-19-10-9-16(15-5-2-1-3-6-15)13-18(19)17-7-4-8-20(28)22(17)29/h9-10,13,15,20H,1-8,11-12,14H2,(H2,25,26)/t20-/m0/s1. The van der Waals surface area contributed by atoms with E-state index >= 15 is 0 Å². The molecule has 3 heterocycles. The maximum Gasteiger partial charge on any atom is 0.233 e. The number of carbonyl (C=O) groups is 1. The summed E-state index contributed by atoms with van der Waals surface area (Å²) in [5.74, 6) is 1.31. The molecule has 1 saturated carbocycles. The van der Waals surface area contributed by atoms with E-state index in [9.17, 15) is 4.79 Å². The Labute approximate surface area is 196 Å². The number of nitrogens with zero attached hydrogens (tertiary/aromatic N) is 4. The fraction of sp³-hybridized carbons (Fsp3) is 0.542. The van der Waals surface area contributed by atoms with Crippen molar-refractivity contribution in [1.29, 1.82) is 0 Å². The van der Waals surface area contributed by atoms with E-state index in [0.29, 0.717) is 10.9 Å². The fourth-order valence-corrected chi connectivity index (χ4v) is 7.62. The topological polar surface area (TPSA) is 77.0 Å². The van der Waals surface area contributed by atoms with Crippen LogP contribution in [0.15, 0.2) is 22.5 Å². The first-order valence-corrected chi connectivity index (χ1v) is 13.7. The number of rotatable bonds is 4. The molecule has 8 heteroatoms. The predicted molar refractivity (Wildman–Crippen MR) is 130 cm³/mol. The zero-order valence-electron chi connectivity index (χ0n) is 18.3. The largest absolute Gasteiger partial charge is 0.374 e. The number of hydrogen-bond acceptors (Lipinski definition) is 6. The van der Waals surface area contributed by atoms with Crippen molar-refractivity contribution in [2.45, 2.75) is 74.2 Å². The second-order valence-corrected chi connectivity index (χ2v) is 11.5. The van der Waals surface area contributed by atoms with Crippen molar-refractivity contribution in [1.82, 2.24) is 19.7 Å². The van der Waals surface area contributed by atoms with Crippen LogP contribution in [-0.2, 0) is 17.8 Å². The zero-order valence-corrected chi connectivity index (χ0v) is 19.9. The minimum absolute atomic E-state index is 0.195. The number of carbonyl (C=O) groups excluding carboxylic acids is 1. The Morgan fingerprint density at radius 1 is 1.12 bits per heavy atom. The third kappa shape index (κ3) is 3.52. The minimum atomic E-state index is 0.195. The third-order valence-corrected chi connectivity index (χ3v) is 9.41. The molecule has 0 spiro atoms. The minimum Gasteiger partial charge on any atom is -0.374 e. The Morgan fingerprint density at radius 2 is 2.00 bits per heavy atom. The van der Waals surface area contributed by atoms with Crippen molar-refractivity contribution in [2.24, 2.45) is 0 Å². The van der Waals surface area contributed by atoms with Gasteiger partial charge in [-0.3, -0.25) is 4.79 Å². The van der Waals surface area contributed by atoms with Gasteiger partial charge in [-0.2, -0.15) is 0 Å². The highest BCUT2D eigenvalue weighted by atomic mass is 32.2. The summed E-state index contributed by atoms with van der Waals surface area (Å²) in [5, 5.41) is 9.79. The molecule has 2 N–H and O–H groups in total. The molecule has 1 fully saturated rings. The van der Waals surface area contributed by atoms with Crippen LogP contribution < -0.4 is 5.73 Å². The molecule has 1 aliphatic heterocycles. The first-order valence-electron chi connectivity index (χ1n) is 11.8. The summed E-state index contributed by atoms with van der Waals surface area (Å²) in [5.41, 5.74) is 11.5. The van der Waals surface area contributed by atoms with Crippen LogP contribution in [0.25, 0.3) is 10.9 Å². The molecule has 1 aromatic carbocycles. The Hall–Kier alpha value is -2.06. The van der Waals surface area contributed by atoms with Crippen LogP contribution >= 0.6 is 23.1 Å². The summed E-state index contributed by atoms with van der Waals surface area (Å²) in [6.45, 7) is 1.66. The molecular formula is C24H29N5OS2. The highest BCUT2D eigenvalue weighted by molar-refractivity contribution is 8.01. The van der Waals surface area contributed by atoms with Crippen molar-refractivity contribution in [2.75, 3.05) is 18.0 Å². The van der Waals surface area contributed by atoms with E-state index in [4.69, 9.17) is 5.73 Å². The average molecular weight is 468 g/mol. The first-order chi connectivity index (χ1) is 15.7. The maximum absolute atomic E-state index is 13.2. The van der Waals surface area contributed by atoms with Crippen molar-refractivity contribution in [3.05, 3.63) is 35.0 Å². The average Bonchev–Trinajstić information content (AvgIpc) is 3.40. The normalized spacial score (nSPS) is 21.1. The summed E-state index contributed by atoms with van der Waals surface area (Å²) in [6.07, 6.45) is 10.1. The van der Waals surface area contributed by atoms with E-state index in [1.54, 1.807) is 0 Å². The van der Waals surface area contributed by atoms with Crippen LogP contribution in [0, 0.1) is 0 Å². The zero-order chi connectivity index (χ0) is 21.7. The first kappa shape index (κ1) is 20.5. The van der Waals surface area contributed by atoms with E-state index in [-0.39, 0.29) is 11.9 Å². The second kappa shape index (κ2) is 8.37. The van der Waals surface area contributed by atoms with Crippen molar-refractivity contribution in [3.8, 4) is 0 Å². The Morgan fingerprint density at radius 3 is 2.81 bits per heavy atom. The monoisotopic (exact) mass is 467 g/mol. The van der Waals surface area contributed by atoms with Crippen molar-refractivity contribution in [3.63, 3.8) is 0 Å². The van der Waals surface area contributed by atoms with Gasteiger partial charge in [-0.25, -0.2) is 0 Å². The summed E-state index contributed by atoms with van der Waals surface area (Å²) >= 11 is 2.79. The van der Waals surface area contributed by atoms with Crippen LogP contribution in [0.3, 0.4) is 0 Å². The van der Waals surface area contributed by atoms with E-state index in [0.717, 1.165) is 42.6 Å². The van der Waals surface area contributed by atoms with Crippen LogP contribution in [0.5, 0.6) is 0 Å². The van der Waals surface area contributed by atoms with E-state index < -0.39 is 0 Å². The van der Waals surface area contributed by atoms with Gasteiger partial charge in [0, 0.05) is 29.7 Å². The fourth-order valence-electron chi connectivity index (χ4n) is 6.10. The maximum atomic E-state index is 13.2. The highest BCUT2D eigenvalue weighted by Gasteiger charge is 2.37. The molecule has 3 aliphatic rings. The van der Waals surface area contributed by atoms with E-state index in [1.807, 2.05) is 0 Å². The summed E-state index contributed by atoms with van der Waals surface area (Å²) in [6, 6.07) is 7.44. The molecular weight excluding hydrogens is 438 g/mol. The quantitative estimate of drug-likeness (QED) is 0.538. The smallest absolute Gasteiger partial charge is 0.233 e. The molecule has 0 bridgehead atoms. The third-order valence-electron chi connectivity index (χ3n) is 7.54. The van der Waals surface area contributed by atoms with Gasteiger partial charge in [-0.15, -0.1) is 10.2 Å². The molecule has 2 aliphatic carbocycles. The number of aryl methyl sites for hydroxylation is 1. The van der Waals surface area contributed by atoms with Gasteiger partial charge in [0.25, 0.3) is 0 Å². The van der Waals surface area contributed by atoms with E-state index in [1.165, 1.54) is 82.9 Å². The molecule has 2 aromatic heterocycles. The van der Waals surface area contributed by atoms with Gasteiger partial charge in [-0.1, -0.05) is 48.4 Å². The van der Waals surface area contributed by atoms with Gasteiger partial charge in [0.05, 0.1) is 11.8 Å². The number of benzene rings is 1. The van der Waals surface area contributed by atoms with Crippen molar-refractivity contribution >= 4 is 45.0 Å². The number of fused-ring (bicyclic) bond motifs is 3. The Balaban J connectivity index is 1.29. The van der Waals surface area contributed by atoms with Crippen molar-refractivity contribution < 1.29 is 4.79 Å². The van der Waals surface area contributed by atoms with Gasteiger partial charge >= 0.3 is 0 Å². The lowest BCUT2D eigenvalue weighted by Gasteiger charge is -2.40. The molecule has 1 amide bonds. The number of thioether (sulfide) groups is 1. The lowest BCUT2D eigenvalue weighted by molar-refractivity contribution is -0.132. The lowest BCUT2D eigenvalue weighted by atomic mass is 9.83. The molecule has 6 rings (SSSR count). The molecule has 0 radical (unpaired) electrons. The SMILES string of the molecule is Nc1nnc(SCC(=O)N2CCn3c4c(c5cc(C6CCCCC6)ccc53)CCC[C@@H]42)s1. The van der Waals surface area contributed by atoms with Gasteiger partial charge in [0.1, 0.15) is 0 Å². The Kier molecular flexibility index (Phi) is 5.38. The predicted octanol–water partition coefficient (Wildman–Crippen LogP) is 5.13. The van der Waals surface area contributed by atoms with Gasteiger partial charge in [0.2, 0.25) is 11.0 Å². The molecule has 6 nitrogen and oxygen atoms in total. The number of nitrogen functional groups attached to an aromatic ring is 1. The van der Waals surface area contributed by atoms with Gasteiger partial charge in [0.15, 0.2) is 4.34 Å². The van der Waals surface area contributed by atoms with Crippen LogP contribution in [0.4, 0.5) is 5.13 Å². The van der Waals surface area contributed by atoms with Gasteiger partial charge < -0.3 is 15.2 Å². The summed E-state index contributed by atoms with van der Waals surface area (Å²) in [7, 11) is 0. The number of anilines is 1. The van der Waals surface area contributed by atoms with Crippen LogP contribution in [0.2, 0.25) is 0 Å². The van der Waals surface area contributed by atoms with Crippen LogP contribution in [0.1, 0.15) is 73.7 Å². The lowest BCUT2D eigenvalue weighted by Crippen LogP contribution is -2.44. The molecule has 32 heavy (non-hydrogen) atoms. The molecule has 1 atom stereocenters. The van der Waals surface area contributed by atoms with Crippen LogP contribution in [-0.4, -0.2) is 37.9 Å². The second-order valence-electron chi connectivity index (χ2n) is 9.32. The number of amides is 1. The number of hydrogen-bond donors (Lipinski definition) is 1. The molecule has 0 unspecified atom stereocenters. The molecule has 168 valence electrons.